The van der Waals surface area contributed by atoms with Gasteiger partial charge in [-0.15, -0.1) is 11.8 Å². The van der Waals surface area contributed by atoms with E-state index >= 15 is 0 Å². The van der Waals surface area contributed by atoms with Gasteiger partial charge in [-0.3, -0.25) is 9.59 Å². The van der Waals surface area contributed by atoms with E-state index in [1.165, 1.54) is 11.8 Å². The molecule has 1 heterocycles. The van der Waals surface area contributed by atoms with Gasteiger partial charge in [0.25, 0.3) is 0 Å². The summed E-state index contributed by atoms with van der Waals surface area (Å²) in [5, 5.41) is 11.6. The van der Waals surface area contributed by atoms with E-state index < -0.39 is 5.97 Å². The van der Waals surface area contributed by atoms with Gasteiger partial charge in [0.05, 0.1) is 11.3 Å². The predicted molar refractivity (Wildman–Crippen MR) is 70.5 cm³/mol. The van der Waals surface area contributed by atoms with Crippen molar-refractivity contribution in [3.05, 3.63) is 47.0 Å². The third-order valence-corrected chi connectivity index (χ3v) is 3.75. The number of hydrogen-bond acceptors (Lipinski definition) is 4. The number of carboxylic acids is 1. The maximum atomic E-state index is 12.1. The number of carbonyl (C=O) groups is 2. The lowest BCUT2D eigenvalue weighted by Gasteiger charge is -2.21. The average molecular weight is 263 g/mol. The summed E-state index contributed by atoms with van der Waals surface area (Å²) >= 11 is 1.40. The fraction of sp³-hybridized carbons (Fsp3) is 0.231. The van der Waals surface area contributed by atoms with Crippen molar-refractivity contribution in [1.82, 2.24) is 5.32 Å². The van der Waals surface area contributed by atoms with E-state index in [1.807, 2.05) is 18.2 Å². The summed E-state index contributed by atoms with van der Waals surface area (Å²) in [4.78, 5) is 23.3. The number of rotatable bonds is 4. The minimum Gasteiger partial charge on any atom is -0.481 e. The molecule has 1 aromatic rings. The van der Waals surface area contributed by atoms with Crippen molar-refractivity contribution in [2.75, 3.05) is 5.75 Å². The van der Waals surface area contributed by atoms with Gasteiger partial charge < -0.3 is 10.4 Å². The van der Waals surface area contributed by atoms with Crippen molar-refractivity contribution in [2.24, 2.45) is 0 Å². The van der Waals surface area contributed by atoms with Gasteiger partial charge in [0.15, 0.2) is 0 Å². The summed E-state index contributed by atoms with van der Waals surface area (Å²) in [6, 6.07) is 8.93. The highest BCUT2D eigenvalue weighted by Crippen LogP contribution is 2.25. The minimum atomic E-state index is -0.834. The van der Waals surface area contributed by atoms with Gasteiger partial charge in [-0.2, -0.15) is 0 Å². The van der Waals surface area contributed by atoms with E-state index in [0.29, 0.717) is 16.2 Å². The number of nitrogens with one attached hydrogen (secondary N) is 1. The first kappa shape index (κ1) is 12.7. The molecule has 0 bridgehead atoms. The monoisotopic (exact) mass is 263 g/mol. The molecule has 1 aliphatic rings. The summed E-state index contributed by atoms with van der Waals surface area (Å²) < 4.78 is 0. The topological polar surface area (TPSA) is 66.4 Å². The number of allylic oxidation sites excluding steroid dienone is 1. The van der Waals surface area contributed by atoms with Gasteiger partial charge in [0.1, 0.15) is 0 Å². The normalized spacial score (nSPS) is 18.7. The molecule has 0 amide bonds. The number of carboxylic acid groups (broad SMARTS) is 1. The van der Waals surface area contributed by atoms with E-state index in [9.17, 15) is 9.59 Å². The molecule has 0 saturated carbocycles. The van der Waals surface area contributed by atoms with Crippen LogP contribution in [-0.4, -0.2) is 28.7 Å². The summed E-state index contributed by atoms with van der Waals surface area (Å²) in [6.07, 6.45) is 1.69. The van der Waals surface area contributed by atoms with Crippen LogP contribution in [0.1, 0.15) is 16.8 Å². The standard InChI is InChI=1S/C13H13NO3S/c15-12(16)6-10-8-18-11(7-14-10)13(17)9-4-2-1-3-5-9/h1-5,7,10,14H,6,8H2,(H,15,16). The van der Waals surface area contributed by atoms with E-state index in [4.69, 9.17) is 5.11 Å². The molecule has 0 fully saturated rings. The zero-order chi connectivity index (χ0) is 13.0. The second-order valence-electron chi connectivity index (χ2n) is 3.98. The number of thioether (sulfide) groups is 1. The fourth-order valence-electron chi connectivity index (χ4n) is 1.67. The Hall–Kier alpha value is -1.75. The number of Topliss-reactive ketones (excluding diaryl/α,β-unsaturated/α-hetero) is 1. The molecular weight excluding hydrogens is 250 g/mol. The van der Waals surface area contributed by atoms with Crippen molar-refractivity contribution in [3.63, 3.8) is 0 Å². The minimum absolute atomic E-state index is 0.0260. The SMILES string of the molecule is O=C(O)CC1CSC(C(=O)c2ccccc2)=CN1. The Kier molecular flexibility index (Phi) is 4.04. The van der Waals surface area contributed by atoms with Crippen LogP contribution in [0.3, 0.4) is 0 Å². The van der Waals surface area contributed by atoms with Gasteiger partial charge in [0.2, 0.25) is 5.78 Å². The largest absolute Gasteiger partial charge is 0.481 e. The Balaban J connectivity index is 2.02. The molecule has 0 aromatic heterocycles. The van der Waals surface area contributed by atoms with E-state index in [2.05, 4.69) is 5.32 Å². The van der Waals surface area contributed by atoms with Crippen LogP contribution in [-0.2, 0) is 4.79 Å². The molecule has 94 valence electrons. The Morgan fingerprint density at radius 1 is 1.33 bits per heavy atom. The molecular formula is C13H13NO3S. The van der Waals surface area contributed by atoms with Crippen molar-refractivity contribution < 1.29 is 14.7 Å². The highest BCUT2D eigenvalue weighted by Gasteiger charge is 2.21. The molecule has 1 aromatic carbocycles. The Morgan fingerprint density at radius 2 is 2.06 bits per heavy atom. The van der Waals surface area contributed by atoms with Crippen molar-refractivity contribution in [2.45, 2.75) is 12.5 Å². The molecule has 1 aliphatic heterocycles. The van der Waals surface area contributed by atoms with Crippen LogP contribution in [0.5, 0.6) is 0 Å². The molecule has 18 heavy (non-hydrogen) atoms. The lowest BCUT2D eigenvalue weighted by Crippen LogP contribution is -2.33. The Bertz CT molecular complexity index is 484. The predicted octanol–water partition coefficient (Wildman–Crippen LogP) is 1.89. The number of benzene rings is 1. The van der Waals surface area contributed by atoms with Crippen molar-refractivity contribution in [1.29, 1.82) is 0 Å². The van der Waals surface area contributed by atoms with Gasteiger partial charge in [-0.1, -0.05) is 30.3 Å². The molecule has 2 N–H and O–H groups in total. The second kappa shape index (κ2) is 5.73. The van der Waals surface area contributed by atoms with Gasteiger partial charge >= 0.3 is 5.97 Å². The van der Waals surface area contributed by atoms with Gasteiger partial charge in [-0.25, -0.2) is 0 Å². The highest BCUT2D eigenvalue weighted by molar-refractivity contribution is 8.04. The molecule has 0 radical (unpaired) electrons. The number of hydrogen-bond donors (Lipinski definition) is 2. The van der Waals surface area contributed by atoms with E-state index in [1.54, 1.807) is 18.3 Å². The highest BCUT2D eigenvalue weighted by atomic mass is 32.2. The zero-order valence-corrected chi connectivity index (χ0v) is 10.4. The Morgan fingerprint density at radius 3 is 2.61 bits per heavy atom. The fourth-order valence-corrected chi connectivity index (χ4v) is 2.66. The van der Waals surface area contributed by atoms with Crippen LogP contribution in [0, 0.1) is 0 Å². The first-order valence-electron chi connectivity index (χ1n) is 5.57. The maximum Gasteiger partial charge on any atom is 0.305 e. The van der Waals surface area contributed by atoms with Crippen molar-refractivity contribution >= 4 is 23.5 Å². The molecule has 5 heteroatoms. The summed E-state index contributed by atoms with van der Waals surface area (Å²) in [7, 11) is 0. The van der Waals surface area contributed by atoms with Crippen LogP contribution in [0.15, 0.2) is 41.4 Å². The zero-order valence-electron chi connectivity index (χ0n) is 9.63. The maximum absolute atomic E-state index is 12.1. The smallest absolute Gasteiger partial charge is 0.305 e. The quantitative estimate of drug-likeness (QED) is 0.812. The molecule has 4 nitrogen and oxygen atoms in total. The molecule has 0 spiro atoms. The molecule has 1 atom stereocenters. The van der Waals surface area contributed by atoms with Gasteiger partial charge in [-0.05, 0) is 0 Å². The summed E-state index contributed by atoms with van der Waals surface area (Å²) in [5.41, 5.74) is 0.648. The summed E-state index contributed by atoms with van der Waals surface area (Å²) in [6.45, 7) is 0. The van der Waals surface area contributed by atoms with Crippen LogP contribution in [0.2, 0.25) is 0 Å². The lowest BCUT2D eigenvalue weighted by molar-refractivity contribution is -0.137. The van der Waals surface area contributed by atoms with Crippen LogP contribution >= 0.6 is 11.8 Å². The van der Waals surface area contributed by atoms with E-state index in [-0.39, 0.29) is 18.2 Å². The van der Waals surface area contributed by atoms with Crippen LogP contribution in [0.25, 0.3) is 0 Å². The van der Waals surface area contributed by atoms with E-state index in [0.717, 1.165) is 0 Å². The first-order chi connectivity index (χ1) is 8.66. The number of carbonyl (C=O) groups excluding carboxylic acids is 1. The van der Waals surface area contributed by atoms with Crippen molar-refractivity contribution in [3.8, 4) is 0 Å². The first-order valence-corrected chi connectivity index (χ1v) is 6.56. The second-order valence-corrected chi connectivity index (χ2v) is 5.04. The molecule has 1 unspecified atom stereocenters. The number of aliphatic carboxylic acids is 1. The molecule has 0 saturated heterocycles. The third kappa shape index (κ3) is 3.13. The molecule has 0 aliphatic carbocycles. The third-order valence-electron chi connectivity index (χ3n) is 2.57. The van der Waals surface area contributed by atoms with Crippen LogP contribution < -0.4 is 5.32 Å². The Labute approximate surface area is 109 Å². The van der Waals surface area contributed by atoms with Gasteiger partial charge in [0, 0.05) is 23.6 Å². The average Bonchev–Trinajstić information content (AvgIpc) is 2.39. The van der Waals surface area contributed by atoms with Crippen LogP contribution in [0.4, 0.5) is 0 Å². The lowest BCUT2D eigenvalue weighted by atomic mass is 10.1. The number of ketones is 1. The molecule has 2 rings (SSSR count). The summed E-state index contributed by atoms with van der Waals surface area (Å²) in [5.74, 6) is -0.266.